The molecular formula is C26H21F7N6O6S2. The van der Waals surface area contributed by atoms with Crippen molar-refractivity contribution in [1.29, 1.82) is 0 Å². The van der Waals surface area contributed by atoms with Gasteiger partial charge in [-0.1, -0.05) is 23.5 Å². The maximum atomic E-state index is 13.7. The van der Waals surface area contributed by atoms with E-state index in [1.807, 2.05) is 0 Å². The molecule has 0 radical (unpaired) electrons. The first kappa shape index (κ1) is 33.9. The number of amides is 1. The van der Waals surface area contributed by atoms with E-state index >= 15 is 0 Å². The van der Waals surface area contributed by atoms with Gasteiger partial charge in [0, 0.05) is 26.2 Å². The first-order valence-electron chi connectivity index (χ1n) is 13.2. The number of hydrogen-bond acceptors (Lipinski definition) is 10. The summed E-state index contributed by atoms with van der Waals surface area (Å²) in [5.41, 5.74) is 0.0741. The molecule has 4 aromatic rings. The van der Waals surface area contributed by atoms with Crippen molar-refractivity contribution < 1.29 is 53.4 Å². The van der Waals surface area contributed by atoms with Crippen LogP contribution in [-0.2, 0) is 21.4 Å². The quantitative estimate of drug-likeness (QED) is 0.235. The molecule has 1 aliphatic heterocycles. The Hall–Kier alpha value is -4.50. The second kappa shape index (κ2) is 13.0. The first-order valence-corrected chi connectivity index (χ1v) is 15.5. The van der Waals surface area contributed by atoms with E-state index < -0.39 is 62.8 Å². The predicted molar refractivity (Wildman–Crippen MR) is 151 cm³/mol. The van der Waals surface area contributed by atoms with E-state index in [9.17, 15) is 48.7 Å². The Balaban J connectivity index is 1.38. The van der Waals surface area contributed by atoms with Crippen LogP contribution in [0.5, 0.6) is 11.5 Å². The number of nitrogens with zero attached hydrogens (tertiary/aromatic N) is 4. The third kappa shape index (κ3) is 7.73. The number of halogens is 7. The van der Waals surface area contributed by atoms with Gasteiger partial charge >= 0.3 is 18.9 Å². The summed E-state index contributed by atoms with van der Waals surface area (Å²) in [7, 11) is -4.49. The molecule has 1 amide bonds. The number of aromatic amines is 1. The van der Waals surface area contributed by atoms with Crippen LogP contribution in [0.3, 0.4) is 0 Å². The number of fused-ring (bicyclic) bond motifs is 1. The number of piperazine rings is 1. The number of carbonyl (C=O) groups excluding carboxylic acids is 1. The lowest BCUT2D eigenvalue weighted by Gasteiger charge is -2.39. The third-order valence-electron chi connectivity index (χ3n) is 6.67. The Morgan fingerprint density at radius 2 is 1.66 bits per heavy atom. The molecule has 1 atom stereocenters. The summed E-state index contributed by atoms with van der Waals surface area (Å²) < 4.78 is 125. The molecule has 252 valence electrons. The van der Waals surface area contributed by atoms with Gasteiger partial charge in [0.15, 0.2) is 5.13 Å². The molecule has 1 fully saturated rings. The van der Waals surface area contributed by atoms with Crippen LogP contribution in [0.15, 0.2) is 64.4 Å². The molecule has 47 heavy (non-hydrogen) atoms. The molecule has 2 aromatic heterocycles. The molecule has 0 spiro atoms. The average Bonchev–Trinajstić information content (AvgIpc) is 3.45. The van der Waals surface area contributed by atoms with Crippen molar-refractivity contribution in [3.8, 4) is 11.5 Å². The Morgan fingerprint density at radius 1 is 1.02 bits per heavy atom. The van der Waals surface area contributed by atoms with Crippen LogP contribution in [0.4, 0.5) is 35.9 Å². The van der Waals surface area contributed by atoms with Crippen LogP contribution in [-0.4, -0.2) is 78.4 Å². The largest absolute Gasteiger partial charge is 0.573 e. The highest BCUT2D eigenvalue weighted by Gasteiger charge is 2.44. The third-order valence-corrected chi connectivity index (χ3v) is 9.72. The highest BCUT2D eigenvalue weighted by atomic mass is 32.2. The van der Waals surface area contributed by atoms with Gasteiger partial charge in [-0.3, -0.25) is 9.59 Å². The minimum atomic E-state index is -5.01. The van der Waals surface area contributed by atoms with E-state index in [2.05, 4.69) is 30.0 Å². The molecule has 12 nitrogen and oxygen atoms in total. The lowest BCUT2D eigenvalue weighted by molar-refractivity contribution is -0.274. The van der Waals surface area contributed by atoms with Gasteiger partial charge < -0.3 is 19.7 Å². The summed E-state index contributed by atoms with van der Waals surface area (Å²) in [6, 6.07) is 6.37. The number of anilines is 1. The highest BCUT2D eigenvalue weighted by molar-refractivity contribution is 7.89. The number of benzene rings is 2. The fraction of sp³-hybridized carbons (Fsp3) is 0.308. The Morgan fingerprint density at radius 3 is 2.28 bits per heavy atom. The standard InChI is InChI=1S/C26H21F7N6O6S2/c27-23(28)25(29,30)44-15-3-1-14(2-4-15)11-34-21(40)19-13-38(24-36-18-12-35-37-22(41)20(18)46-24)9-10-39(19)47(42,43)17-7-5-16(6-8-17)45-26(31,32)33/h1-8,12,19,23H,9-11,13H2,(H,34,40)(H,37,41)/t19-/m1/s1. The van der Waals surface area contributed by atoms with Crippen LogP contribution in [0, 0.1) is 0 Å². The van der Waals surface area contributed by atoms with Gasteiger partial charge in [0.1, 0.15) is 27.8 Å². The zero-order valence-corrected chi connectivity index (χ0v) is 25.0. The van der Waals surface area contributed by atoms with Crippen LogP contribution in [0.1, 0.15) is 5.56 Å². The Kier molecular flexibility index (Phi) is 9.33. The van der Waals surface area contributed by atoms with Crippen LogP contribution in [0.25, 0.3) is 10.2 Å². The molecule has 2 N–H and O–H groups in total. The fourth-order valence-corrected chi connectivity index (χ4v) is 7.02. The van der Waals surface area contributed by atoms with E-state index in [0.29, 0.717) is 5.56 Å². The van der Waals surface area contributed by atoms with Crippen LogP contribution >= 0.6 is 11.3 Å². The second-order valence-electron chi connectivity index (χ2n) is 9.83. The second-order valence-corrected chi connectivity index (χ2v) is 12.7. The number of aromatic nitrogens is 3. The van der Waals surface area contributed by atoms with Crippen molar-refractivity contribution in [2.75, 3.05) is 24.5 Å². The van der Waals surface area contributed by atoms with Gasteiger partial charge in [-0.2, -0.15) is 27.0 Å². The monoisotopic (exact) mass is 710 g/mol. The Bertz CT molecular complexity index is 1900. The van der Waals surface area contributed by atoms with E-state index in [0.717, 1.165) is 52.0 Å². The molecule has 0 unspecified atom stereocenters. The summed E-state index contributed by atoms with van der Waals surface area (Å²) >= 11 is 0.986. The van der Waals surface area contributed by atoms with Crippen LogP contribution < -0.4 is 25.2 Å². The van der Waals surface area contributed by atoms with Gasteiger partial charge in [0.05, 0.1) is 11.1 Å². The van der Waals surface area contributed by atoms with Crippen molar-refractivity contribution in [3.63, 3.8) is 0 Å². The maximum Gasteiger partial charge on any atom is 0.573 e. The number of hydrogen-bond donors (Lipinski definition) is 2. The minimum absolute atomic E-state index is 0.00808. The molecule has 5 rings (SSSR count). The smallest absolute Gasteiger partial charge is 0.428 e. The average molecular weight is 711 g/mol. The number of sulfonamides is 1. The summed E-state index contributed by atoms with van der Waals surface area (Å²) in [5.74, 6) is -2.05. The SMILES string of the molecule is O=C(NCc1ccc(OC(F)(F)C(F)F)cc1)[C@H]1CN(c2nc3cn[nH]c(=O)c3s2)CCN1S(=O)(=O)c1ccc(OC(F)(F)F)cc1. The van der Waals surface area contributed by atoms with E-state index in [1.54, 1.807) is 4.90 Å². The molecule has 0 saturated carbocycles. The van der Waals surface area contributed by atoms with Gasteiger partial charge in [0.25, 0.3) is 5.56 Å². The predicted octanol–water partition coefficient (Wildman–Crippen LogP) is 3.71. The number of thiazole rings is 1. The van der Waals surface area contributed by atoms with Crippen molar-refractivity contribution in [2.24, 2.45) is 0 Å². The zero-order chi connectivity index (χ0) is 34.1. The summed E-state index contributed by atoms with van der Waals surface area (Å²) in [4.78, 5) is 31.2. The van der Waals surface area contributed by atoms with Crippen molar-refractivity contribution in [3.05, 3.63) is 70.6 Å². The zero-order valence-electron chi connectivity index (χ0n) is 23.4. The van der Waals surface area contributed by atoms with Crippen LogP contribution in [0.2, 0.25) is 0 Å². The van der Waals surface area contributed by atoms with Gasteiger partial charge in [-0.25, -0.2) is 18.5 Å². The lowest BCUT2D eigenvalue weighted by atomic mass is 10.1. The van der Waals surface area contributed by atoms with Crippen molar-refractivity contribution in [1.82, 2.24) is 24.8 Å². The maximum absolute atomic E-state index is 13.7. The Labute approximate surface area is 263 Å². The molecule has 2 aromatic carbocycles. The molecule has 0 aliphatic carbocycles. The molecule has 3 heterocycles. The topological polar surface area (TPSA) is 147 Å². The fourth-order valence-electron chi connectivity index (χ4n) is 4.48. The minimum Gasteiger partial charge on any atom is -0.428 e. The van der Waals surface area contributed by atoms with Crippen molar-refractivity contribution >= 4 is 42.6 Å². The van der Waals surface area contributed by atoms with Gasteiger partial charge in [-0.05, 0) is 42.0 Å². The molecule has 1 aliphatic rings. The normalized spacial score (nSPS) is 16.4. The van der Waals surface area contributed by atoms with E-state index in [4.69, 9.17) is 0 Å². The highest BCUT2D eigenvalue weighted by Crippen LogP contribution is 2.31. The van der Waals surface area contributed by atoms with E-state index in [1.165, 1.54) is 18.3 Å². The molecular weight excluding hydrogens is 689 g/mol. The number of rotatable bonds is 10. The summed E-state index contributed by atoms with van der Waals surface area (Å²) in [5, 5.41) is 8.80. The van der Waals surface area contributed by atoms with E-state index in [-0.39, 0.29) is 41.5 Å². The number of ether oxygens (including phenoxy) is 2. The lowest BCUT2D eigenvalue weighted by Crippen LogP contribution is -2.60. The number of carbonyl (C=O) groups is 1. The molecule has 1 saturated heterocycles. The first-order chi connectivity index (χ1) is 22.0. The molecule has 21 heteroatoms. The van der Waals surface area contributed by atoms with Gasteiger partial charge in [-0.15, -0.1) is 13.2 Å². The summed E-state index contributed by atoms with van der Waals surface area (Å²) in [6.45, 7) is -0.786. The number of alkyl halides is 7. The van der Waals surface area contributed by atoms with Gasteiger partial charge in [0.2, 0.25) is 15.9 Å². The summed E-state index contributed by atoms with van der Waals surface area (Å²) in [6.07, 6.45) is -12.5. The number of nitrogens with one attached hydrogen (secondary N) is 2. The number of H-pyrrole nitrogens is 1. The van der Waals surface area contributed by atoms with Crippen molar-refractivity contribution in [2.45, 2.75) is 36.4 Å². The molecule has 0 bridgehead atoms.